The minimum Gasteiger partial charge on any atom is -0.494 e. The smallest absolute Gasteiger partial charge is 0.407 e. The minimum absolute atomic E-state index is 0.124. The quantitative estimate of drug-likeness (QED) is 0.284. The van der Waals surface area contributed by atoms with Crippen molar-refractivity contribution in [3.8, 4) is 17.1 Å². The van der Waals surface area contributed by atoms with E-state index in [1.165, 1.54) is 25.4 Å². The van der Waals surface area contributed by atoms with Crippen LogP contribution >= 0.6 is 0 Å². The SMILES string of the molecule is CCC(=O)c1cnc(Nc2ccc(C(N)C(F)(F)F)cn2)cc1N(C)c1cccc(-c2ncn(C)n2)c1OC. The number of nitrogens with one attached hydrogen (secondary N) is 1. The van der Waals surface area contributed by atoms with Crippen molar-refractivity contribution in [1.29, 1.82) is 0 Å². The number of carbonyl (C=O) groups excluding carboxylic acids is 1. The number of alkyl halides is 3. The number of para-hydroxylation sites is 1. The van der Waals surface area contributed by atoms with Crippen LogP contribution < -0.4 is 20.7 Å². The van der Waals surface area contributed by atoms with Gasteiger partial charge in [0, 0.05) is 39.0 Å². The molecule has 0 fully saturated rings. The fraction of sp³-hybridized carbons (Fsp3) is 0.269. The monoisotopic (exact) mass is 540 g/mol. The molecule has 0 aliphatic carbocycles. The summed E-state index contributed by atoms with van der Waals surface area (Å²) < 4.78 is 46.1. The topological polar surface area (TPSA) is 124 Å². The number of nitrogens with zero attached hydrogens (tertiary/aromatic N) is 6. The maximum absolute atomic E-state index is 12.9. The van der Waals surface area contributed by atoms with Gasteiger partial charge in [0.25, 0.3) is 0 Å². The maximum Gasteiger partial charge on any atom is 0.407 e. The summed E-state index contributed by atoms with van der Waals surface area (Å²) in [5.41, 5.74) is 7.32. The third kappa shape index (κ3) is 5.82. The number of nitrogens with two attached hydrogens (primary N) is 1. The third-order valence-corrected chi connectivity index (χ3v) is 6.02. The van der Waals surface area contributed by atoms with Gasteiger partial charge in [-0.25, -0.2) is 15.0 Å². The number of aromatic nitrogens is 5. The average Bonchev–Trinajstić information content (AvgIpc) is 3.37. The van der Waals surface area contributed by atoms with Crippen molar-refractivity contribution in [1.82, 2.24) is 24.7 Å². The number of ketones is 1. The molecule has 1 aromatic carbocycles. The van der Waals surface area contributed by atoms with Gasteiger partial charge in [0.05, 0.1) is 29.6 Å². The Morgan fingerprint density at radius 3 is 2.46 bits per heavy atom. The molecule has 1 unspecified atom stereocenters. The molecule has 204 valence electrons. The van der Waals surface area contributed by atoms with E-state index in [0.29, 0.717) is 39.9 Å². The molecule has 0 amide bonds. The molecule has 0 aliphatic heterocycles. The number of pyridine rings is 2. The van der Waals surface area contributed by atoms with Gasteiger partial charge >= 0.3 is 6.18 Å². The number of Topliss-reactive ketones (excluding diaryl/α,β-unsaturated/α-hetero) is 1. The van der Waals surface area contributed by atoms with Gasteiger partial charge in [0.15, 0.2) is 17.4 Å². The van der Waals surface area contributed by atoms with Crippen molar-refractivity contribution in [3.63, 3.8) is 0 Å². The molecule has 13 heteroatoms. The Hall–Kier alpha value is -4.52. The second-order valence-electron chi connectivity index (χ2n) is 8.64. The third-order valence-electron chi connectivity index (χ3n) is 6.02. The average molecular weight is 541 g/mol. The van der Waals surface area contributed by atoms with Crippen molar-refractivity contribution in [2.45, 2.75) is 25.6 Å². The van der Waals surface area contributed by atoms with Crippen LogP contribution in [0.25, 0.3) is 11.4 Å². The van der Waals surface area contributed by atoms with Crippen LogP contribution in [0.2, 0.25) is 0 Å². The summed E-state index contributed by atoms with van der Waals surface area (Å²) in [5.74, 6) is 1.44. The van der Waals surface area contributed by atoms with Crippen LogP contribution in [0.1, 0.15) is 35.3 Å². The van der Waals surface area contributed by atoms with Crippen LogP contribution in [0.4, 0.5) is 36.2 Å². The Labute approximate surface area is 222 Å². The van der Waals surface area contributed by atoms with Crippen molar-refractivity contribution in [3.05, 3.63) is 66.2 Å². The van der Waals surface area contributed by atoms with Crippen LogP contribution in [0, 0.1) is 0 Å². The van der Waals surface area contributed by atoms with E-state index < -0.39 is 12.2 Å². The molecule has 1 atom stereocenters. The van der Waals surface area contributed by atoms with Gasteiger partial charge in [0.1, 0.15) is 24.0 Å². The first-order valence-electron chi connectivity index (χ1n) is 11.9. The van der Waals surface area contributed by atoms with Crippen LogP contribution in [0.15, 0.2) is 55.1 Å². The highest BCUT2D eigenvalue weighted by atomic mass is 19.4. The van der Waals surface area contributed by atoms with E-state index in [9.17, 15) is 18.0 Å². The van der Waals surface area contributed by atoms with E-state index in [1.807, 2.05) is 18.2 Å². The molecule has 4 aromatic rings. The van der Waals surface area contributed by atoms with Crippen LogP contribution in [0.3, 0.4) is 0 Å². The first-order chi connectivity index (χ1) is 18.5. The van der Waals surface area contributed by atoms with Crippen LogP contribution in [-0.4, -0.2) is 50.8 Å². The first-order valence-corrected chi connectivity index (χ1v) is 11.9. The summed E-state index contributed by atoms with van der Waals surface area (Å²) in [6, 6.07) is 7.65. The Balaban J connectivity index is 1.71. The molecular weight excluding hydrogens is 513 g/mol. The zero-order valence-electron chi connectivity index (χ0n) is 21.7. The van der Waals surface area contributed by atoms with Crippen molar-refractivity contribution in [2.24, 2.45) is 12.8 Å². The molecule has 0 aliphatic rings. The Morgan fingerprint density at radius 1 is 1.13 bits per heavy atom. The normalized spacial score (nSPS) is 12.2. The number of hydrogen-bond donors (Lipinski definition) is 2. The molecular formula is C26H27F3N8O2. The maximum atomic E-state index is 12.9. The Morgan fingerprint density at radius 2 is 1.87 bits per heavy atom. The number of halogens is 3. The highest BCUT2D eigenvalue weighted by molar-refractivity contribution is 6.02. The Kier molecular flexibility index (Phi) is 7.81. The summed E-state index contributed by atoms with van der Waals surface area (Å²) in [6.07, 6.45) is -0.229. The summed E-state index contributed by atoms with van der Waals surface area (Å²) in [5, 5.41) is 7.34. The van der Waals surface area contributed by atoms with Crippen LogP contribution in [0.5, 0.6) is 5.75 Å². The lowest BCUT2D eigenvalue weighted by atomic mass is 10.1. The largest absolute Gasteiger partial charge is 0.494 e. The van der Waals surface area contributed by atoms with E-state index in [4.69, 9.17) is 10.5 Å². The number of methoxy groups -OCH3 is 1. The first kappa shape index (κ1) is 27.5. The Bertz CT molecular complexity index is 1470. The number of aryl methyl sites for hydroxylation is 1. The molecule has 3 N–H and O–H groups in total. The van der Waals surface area contributed by atoms with Crippen molar-refractivity contribution < 1.29 is 22.7 Å². The lowest BCUT2D eigenvalue weighted by Crippen LogP contribution is -2.28. The second-order valence-corrected chi connectivity index (χ2v) is 8.64. The highest BCUT2D eigenvalue weighted by Crippen LogP contribution is 2.41. The second kappa shape index (κ2) is 11.1. The molecule has 10 nitrogen and oxygen atoms in total. The molecule has 39 heavy (non-hydrogen) atoms. The number of carbonyl (C=O) groups is 1. The highest BCUT2D eigenvalue weighted by Gasteiger charge is 2.38. The zero-order chi connectivity index (χ0) is 28.3. The summed E-state index contributed by atoms with van der Waals surface area (Å²) >= 11 is 0. The van der Waals surface area contributed by atoms with E-state index in [0.717, 1.165) is 6.20 Å². The van der Waals surface area contributed by atoms with Crippen molar-refractivity contribution in [2.75, 3.05) is 24.4 Å². The fourth-order valence-corrected chi connectivity index (χ4v) is 3.95. The number of ether oxygens (including phenoxy) is 1. The lowest BCUT2D eigenvalue weighted by Gasteiger charge is -2.25. The number of benzene rings is 1. The van der Waals surface area contributed by atoms with E-state index in [1.54, 1.807) is 43.0 Å². The summed E-state index contributed by atoms with van der Waals surface area (Å²) in [4.78, 5) is 27.3. The van der Waals surface area contributed by atoms with E-state index in [2.05, 4.69) is 25.4 Å². The van der Waals surface area contributed by atoms with Gasteiger partial charge in [0.2, 0.25) is 0 Å². The van der Waals surface area contributed by atoms with Gasteiger partial charge in [-0.3, -0.25) is 9.48 Å². The molecule has 0 saturated heterocycles. The predicted octanol–water partition coefficient (Wildman–Crippen LogP) is 4.95. The molecule has 3 aromatic heterocycles. The summed E-state index contributed by atoms with van der Waals surface area (Å²) in [7, 11) is 5.08. The minimum atomic E-state index is -4.58. The predicted molar refractivity (Wildman–Crippen MR) is 140 cm³/mol. The zero-order valence-corrected chi connectivity index (χ0v) is 21.7. The van der Waals surface area contributed by atoms with Gasteiger partial charge in [-0.15, -0.1) is 0 Å². The van der Waals surface area contributed by atoms with Crippen LogP contribution in [-0.2, 0) is 7.05 Å². The number of anilines is 4. The van der Waals surface area contributed by atoms with Crippen molar-refractivity contribution >= 4 is 28.8 Å². The number of rotatable bonds is 9. The van der Waals surface area contributed by atoms with Gasteiger partial charge in [-0.1, -0.05) is 19.1 Å². The van der Waals surface area contributed by atoms with Gasteiger partial charge in [-0.05, 0) is 23.8 Å². The fourth-order valence-electron chi connectivity index (χ4n) is 3.95. The molecule has 0 radical (unpaired) electrons. The molecule has 0 saturated carbocycles. The van der Waals surface area contributed by atoms with Gasteiger partial charge < -0.3 is 20.7 Å². The standard InChI is InChI=1S/C26H27F3N8O2/c1-5-20(38)17-13-32-22(34-21-10-9-15(12-31-21)24(30)26(27,28)29)11-19(17)37(3)18-8-6-7-16(23(18)39-4)25-33-14-36(2)35-25/h6-14,24H,5,30H2,1-4H3,(H,31,32,34). The molecule has 0 bridgehead atoms. The summed E-state index contributed by atoms with van der Waals surface area (Å²) in [6.45, 7) is 1.75. The molecule has 3 heterocycles. The molecule has 4 rings (SSSR count). The number of hydrogen-bond acceptors (Lipinski definition) is 9. The van der Waals surface area contributed by atoms with E-state index >= 15 is 0 Å². The van der Waals surface area contributed by atoms with E-state index in [-0.39, 0.29) is 23.6 Å². The lowest BCUT2D eigenvalue weighted by molar-refractivity contribution is -0.149. The van der Waals surface area contributed by atoms with Gasteiger partial charge in [-0.2, -0.15) is 18.3 Å². The molecule has 0 spiro atoms.